The average molecular weight is 450 g/mol. The molecule has 3 aromatic heterocycles. The molecule has 0 saturated carbocycles. The summed E-state index contributed by atoms with van der Waals surface area (Å²) in [4.78, 5) is 22.0. The Bertz CT molecular complexity index is 1190. The first-order valence-corrected chi connectivity index (χ1v) is 12.2. The molecule has 2 unspecified atom stereocenters. The number of hydrogen-bond acceptors (Lipinski definition) is 6. The Kier molecular flexibility index (Phi) is 5.80. The highest BCUT2D eigenvalue weighted by Gasteiger charge is 2.25. The fourth-order valence-electron chi connectivity index (χ4n) is 3.96. The van der Waals surface area contributed by atoms with E-state index >= 15 is 0 Å². The first-order valence-electron chi connectivity index (χ1n) is 10.4. The molecule has 2 atom stereocenters. The van der Waals surface area contributed by atoms with Crippen molar-refractivity contribution in [3.05, 3.63) is 70.2 Å². The maximum Gasteiger partial charge on any atom is 0.270 e. The van der Waals surface area contributed by atoms with Crippen LogP contribution in [0.3, 0.4) is 0 Å². The lowest BCUT2D eigenvalue weighted by atomic mass is 9.97. The highest BCUT2D eigenvalue weighted by atomic mass is 32.1. The molecule has 1 saturated heterocycles. The summed E-state index contributed by atoms with van der Waals surface area (Å²) in [6.07, 6.45) is 3.42. The SMILES string of the molecule is CC1COCCC1NC(=O)c1cc(Cc2ccc(-c3nccs3)cc2)c2sccc2n1. The quantitative estimate of drug-likeness (QED) is 0.457. The number of aromatic nitrogens is 2. The van der Waals surface area contributed by atoms with Gasteiger partial charge in [0.1, 0.15) is 10.7 Å². The van der Waals surface area contributed by atoms with Gasteiger partial charge >= 0.3 is 0 Å². The van der Waals surface area contributed by atoms with E-state index in [4.69, 9.17) is 4.74 Å². The summed E-state index contributed by atoms with van der Waals surface area (Å²) >= 11 is 3.31. The Balaban J connectivity index is 1.39. The lowest BCUT2D eigenvalue weighted by Gasteiger charge is -2.29. The third-order valence-electron chi connectivity index (χ3n) is 5.71. The normalized spacial score (nSPS) is 18.9. The number of ether oxygens (including phenoxy) is 1. The van der Waals surface area contributed by atoms with Gasteiger partial charge in [0.25, 0.3) is 5.91 Å². The fourth-order valence-corrected chi connectivity index (χ4v) is 5.45. The Hall–Kier alpha value is -2.61. The van der Waals surface area contributed by atoms with E-state index in [1.54, 1.807) is 22.7 Å². The maximum absolute atomic E-state index is 13.0. The molecular formula is C24H23N3O2S2. The van der Waals surface area contributed by atoms with Crippen LogP contribution in [-0.2, 0) is 11.2 Å². The van der Waals surface area contributed by atoms with E-state index in [1.807, 2.05) is 29.1 Å². The molecule has 31 heavy (non-hydrogen) atoms. The second-order valence-corrected chi connectivity index (χ2v) is 9.74. The van der Waals surface area contributed by atoms with Crippen molar-refractivity contribution in [2.45, 2.75) is 25.8 Å². The smallest absolute Gasteiger partial charge is 0.270 e. The molecule has 1 aromatic carbocycles. The number of thiophene rings is 1. The Morgan fingerprint density at radius 1 is 1.19 bits per heavy atom. The monoisotopic (exact) mass is 449 g/mol. The molecule has 0 radical (unpaired) electrons. The summed E-state index contributed by atoms with van der Waals surface area (Å²) in [7, 11) is 0. The van der Waals surface area contributed by atoms with Gasteiger partial charge in [-0.25, -0.2) is 9.97 Å². The molecule has 4 heterocycles. The largest absolute Gasteiger partial charge is 0.381 e. The summed E-state index contributed by atoms with van der Waals surface area (Å²) in [6.45, 7) is 3.49. The molecule has 5 nitrogen and oxygen atoms in total. The minimum atomic E-state index is -0.104. The second-order valence-electron chi connectivity index (χ2n) is 7.93. The van der Waals surface area contributed by atoms with Crippen LogP contribution in [0.4, 0.5) is 0 Å². The van der Waals surface area contributed by atoms with Gasteiger partial charge in [0.05, 0.1) is 16.8 Å². The van der Waals surface area contributed by atoms with Gasteiger partial charge in [-0.05, 0) is 47.4 Å². The van der Waals surface area contributed by atoms with Crippen LogP contribution in [-0.4, -0.2) is 35.1 Å². The van der Waals surface area contributed by atoms with Gasteiger partial charge in [-0.3, -0.25) is 4.79 Å². The number of fused-ring (bicyclic) bond motifs is 1. The van der Waals surface area contributed by atoms with Crippen LogP contribution in [0.1, 0.15) is 35.0 Å². The zero-order chi connectivity index (χ0) is 21.2. The molecule has 1 amide bonds. The van der Waals surface area contributed by atoms with Gasteiger partial charge in [0, 0.05) is 29.8 Å². The van der Waals surface area contributed by atoms with Crippen molar-refractivity contribution in [2.24, 2.45) is 5.92 Å². The first kappa shape index (κ1) is 20.3. The van der Waals surface area contributed by atoms with Crippen LogP contribution in [0, 0.1) is 5.92 Å². The highest BCUT2D eigenvalue weighted by molar-refractivity contribution is 7.17. The number of nitrogens with zero attached hydrogens (tertiary/aromatic N) is 2. The maximum atomic E-state index is 13.0. The van der Waals surface area contributed by atoms with Crippen molar-refractivity contribution in [3.63, 3.8) is 0 Å². The molecule has 7 heteroatoms. The van der Waals surface area contributed by atoms with Crippen LogP contribution < -0.4 is 5.32 Å². The second kappa shape index (κ2) is 8.86. The zero-order valence-corrected chi connectivity index (χ0v) is 18.8. The molecule has 5 rings (SSSR count). The fraction of sp³-hybridized carbons (Fsp3) is 0.292. The lowest BCUT2D eigenvalue weighted by molar-refractivity contribution is 0.0374. The summed E-state index contributed by atoms with van der Waals surface area (Å²) in [5.74, 6) is 0.200. The number of amides is 1. The Labute approximate surface area is 189 Å². The topological polar surface area (TPSA) is 64.1 Å². The van der Waals surface area contributed by atoms with Crippen LogP contribution in [0.5, 0.6) is 0 Å². The van der Waals surface area contributed by atoms with E-state index in [0.717, 1.165) is 39.2 Å². The Morgan fingerprint density at radius 3 is 2.84 bits per heavy atom. The van der Waals surface area contributed by atoms with Crippen LogP contribution in [0.2, 0.25) is 0 Å². The number of carbonyl (C=O) groups is 1. The summed E-state index contributed by atoms with van der Waals surface area (Å²) in [5.41, 5.74) is 4.82. The van der Waals surface area contributed by atoms with E-state index in [-0.39, 0.29) is 11.9 Å². The molecule has 0 spiro atoms. The number of carbonyl (C=O) groups excluding carboxylic acids is 1. The zero-order valence-electron chi connectivity index (χ0n) is 17.2. The predicted molar refractivity (Wildman–Crippen MR) is 126 cm³/mol. The molecule has 1 fully saturated rings. The van der Waals surface area contributed by atoms with Crippen molar-refractivity contribution in [3.8, 4) is 10.6 Å². The van der Waals surface area contributed by atoms with E-state index in [1.165, 1.54) is 5.56 Å². The number of rotatable bonds is 5. The van der Waals surface area contributed by atoms with Gasteiger partial charge < -0.3 is 10.1 Å². The number of hydrogen-bond donors (Lipinski definition) is 1. The summed E-state index contributed by atoms with van der Waals surface area (Å²) in [6, 6.07) is 12.6. The number of benzene rings is 1. The molecule has 1 N–H and O–H groups in total. The van der Waals surface area contributed by atoms with Gasteiger partial charge in [-0.2, -0.15) is 0 Å². The van der Waals surface area contributed by atoms with E-state index < -0.39 is 0 Å². The summed E-state index contributed by atoms with van der Waals surface area (Å²) in [5, 5.41) is 8.22. The van der Waals surface area contributed by atoms with E-state index in [2.05, 4.69) is 46.5 Å². The first-order chi connectivity index (χ1) is 15.2. The summed E-state index contributed by atoms with van der Waals surface area (Å²) < 4.78 is 6.63. The number of thiazole rings is 1. The number of nitrogens with one attached hydrogen (secondary N) is 1. The van der Waals surface area contributed by atoms with Crippen LogP contribution in [0.25, 0.3) is 20.8 Å². The van der Waals surface area contributed by atoms with E-state index in [0.29, 0.717) is 24.8 Å². The van der Waals surface area contributed by atoms with Gasteiger partial charge in [0.2, 0.25) is 0 Å². The van der Waals surface area contributed by atoms with Crippen molar-refractivity contribution in [1.82, 2.24) is 15.3 Å². The minimum Gasteiger partial charge on any atom is -0.381 e. The van der Waals surface area contributed by atoms with Gasteiger partial charge in [-0.1, -0.05) is 31.2 Å². The van der Waals surface area contributed by atoms with Crippen molar-refractivity contribution in [1.29, 1.82) is 0 Å². The molecule has 4 aromatic rings. The van der Waals surface area contributed by atoms with Gasteiger partial charge in [-0.15, -0.1) is 22.7 Å². The van der Waals surface area contributed by atoms with Crippen LogP contribution in [0.15, 0.2) is 53.4 Å². The lowest BCUT2D eigenvalue weighted by Crippen LogP contribution is -2.44. The molecular weight excluding hydrogens is 426 g/mol. The molecule has 158 valence electrons. The Morgan fingerprint density at radius 2 is 2.06 bits per heavy atom. The van der Waals surface area contributed by atoms with Crippen molar-refractivity contribution in [2.75, 3.05) is 13.2 Å². The highest BCUT2D eigenvalue weighted by Crippen LogP contribution is 2.28. The molecule has 0 bridgehead atoms. The molecule has 0 aliphatic carbocycles. The van der Waals surface area contributed by atoms with Crippen LogP contribution >= 0.6 is 22.7 Å². The third kappa shape index (κ3) is 4.39. The molecule has 1 aliphatic heterocycles. The standard InChI is InChI=1S/C24H23N3O2S2/c1-15-14-29-9-6-19(15)27-23(28)21-13-18(22-20(26-21)7-10-30-22)12-16-2-4-17(5-3-16)24-25-8-11-31-24/h2-5,7-8,10-11,13,15,19H,6,9,12,14H2,1H3,(H,27,28). The average Bonchev–Trinajstić information content (AvgIpc) is 3.48. The third-order valence-corrected chi connectivity index (χ3v) is 7.51. The number of pyridine rings is 1. The van der Waals surface area contributed by atoms with Crippen molar-refractivity contribution < 1.29 is 9.53 Å². The minimum absolute atomic E-state index is 0.104. The van der Waals surface area contributed by atoms with Gasteiger partial charge in [0.15, 0.2) is 0 Å². The van der Waals surface area contributed by atoms with Crippen molar-refractivity contribution >= 4 is 38.8 Å². The predicted octanol–water partition coefficient (Wildman–Crippen LogP) is 5.17. The molecule has 1 aliphatic rings. The van der Waals surface area contributed by atoms with E-state index in [9.17, 15) is 4.79 Å².